The number of hydrogen-bond acceptors (Lipinski definition) is 6. The number of hydrogen-bond donors (Lipinski definition) is 1. The van der Waals surface area contributed by atoms with Crippen LogP contribution in [-0.2, 0) is 16.4 Å². The van der Waals surface area contributed by atoms with Crippen molar-refractivity contribution in [1.82, 2.24) is 9.97 Å². The molecule has 1 unspecified atom stereocenters. The second-order valence-corrected chi connectivity index (χ2v) is 6.43. The van der Waals surface area contributed by atoms with Crippen LogP contribution in [0.2, 0.25) is 0 Å². The topological polar surface area (TPSA) is 89.2 Å². The van der Waals surface area contributed by atoms with Crippen LogP contribution < -0.4 is 10.6 Å². The van der Waals surface area contributed by atoms with Gasteiger partial charge in [-0.25, -0.2) is 18.4 Å². The van der Waals surface area contributed by atoms with Crippen LogP contribution in [0.15, 0.2) is 12.3 Å². The van der Waals surface area contributed by atoms with Gasteiger partial charge in [0.15, 0.2) is 9.84 Å². The van der Waals surface area contributed by atoms with Gasteiger partial charge in [0.25, 0.3) is 0 Å². The van der Waals surface area contributed by atoms with E-state index in [-0.39, 0.29) is 24.1 Å². The fourth-order valence-electron chi connectivity index (χ4n) is 1.95. The van der Waals surface area contributed by atoms with Gasteiger partial charge in [0, 0.05) is 19.3 Å². The van der Waals surface area contributed by atoms with Gasteiger partial charge in [-0.1, -0.05) is 0 Å². The third-order valence-electron chi connectivity index (χ3n) is 2.99. The van der Waals surface area contributed by atoms with Gasteiger partial charge >= 0.3 is 0 Å². The molecule has 1 aliphatic heterocycles. The third kappa shape index (κ3) is 2.73. The average Bonchev–Trinajstić information content (AvgIpc) is 2.69. The highest BCUT2D eigenvalue weighted by atomic mass is 32.2. The highest BCUT2D eigenvalue weighted by molar-refractivity contribution is 7.91. The molecule has 7 heteroatoms. The predicted octanol–water partition coefficient (Wildman–Crippen LogP) is -0.441. The molecule has 1 aromatic rings. The van der Waals surface area contributed by atoms with E-state index < -0.39 is 9.84 Å². The Balaban J connectivity index is 2.17. The first kappa shape index (κ1) is 12.3. The molecule has 2 rings (SSSR count). The summed E-state index contributed by atoms with van der Waals surface area (Å²) in [6, 6.07) is 1.77. The van der Waals surface area contributed by atoms with Gasteiger partial charge in [0.2, 0.25) is 0 Å². The van der Waals surface area contributed by atoms with Crippen LogP contribution in [0.1, 0.15) is 12.2 Å². The predicted molar refractivity (Wildman–Crippen MR) is 65.4 cm³/mol. The van der Waals surface area contributed by atoms with Crippen LogP contribution in [-0.4, -0.2) is 43.0 Å². The molecule has 6 nitrogen and oxygen atoms in total. The van der Waals surface area contributed by atoms with E-state index in [9.17, 15) is 8.42 Å². The van der Waals surface area contributed by atoms with Crippen LogP contribution >= 0.6 is 0 Å². The van der Waals surface area contributed by atoms with E-state index in [4.69, 9.17) is 5.73 Å². The molecule has 1 atom stereocenters. The summed E-state index contributed by atoms with van der Waals surface area (Å²) in [5.74, 6) is 1.75. The summed E-state index contributed by atoms with van der Waals surface area (Å²) >= 11 is 0. The van der Waals surface area contributed by atoms with Crippen LogP contribution in [0.3, 0.4) is 0 Å². The molecule has 1 fully saturated rings. The Morgan fingerprint density at radius 2 is 2.35 bits per heavy atom. The van der Waals surface area contributed by atoms with Crippen molar-refractivity contribution in [3.63, 3.8) is 0 Å². The van der Waals surface area contributed by atoms with Crippen LogP contribution in [0.25, 0.3) is 0 Å². The summed E-state index contributed by atoms with van der Waals surface area (Å²) < 4.78 is 22.8. The Bertz CT molecular complexity index is 503. The highest BCUT2D eigenvalue weighted by Crippen LogP contribution is 2.20. The molecule has 1 aromatic heterocycles. The number of rotatable bonds is 3. The molecule has 0 bridgehead atoms. The van der Waals surface area contributed by atoms with Gasteiger partial charge in [-0.15, -0.1) is 0 Å². The normalized spacial score (nSPS) is 22.6. The fraction of sp³-hybridized carbons (Fsp3) is 0.600. The Morgan fingerprint density at radius 1 is 1.59 bits per heavy atom. The first-order valence-corrected chi connectivity index (χ1v) is 7.29. The standard InChI is InChI=1S/C10H16N4O2S/c1-14(8-3-5-17(15,16)7-8)10-2-4-12-9(6-11)13-10/h2,4,8H,3,5-7,11H2,1H3. The van der Waals surface area contributed by atoms with Crippen molar-refractivity contribution in [3.05, 3.63) is 18.1 Å². The van der Waals surface area contributed by atoms with Crippen molar-refractivity contribution in [1.29, 1.82) is 0 Å². The summed E-state index contributed by atoms with van der Waals surface area (Å²) in [7, 11) is -1.02. The van der Waals surface area contributed by atoms with Crippen molar-refractivity contribution in [2.45, 2.75) is 19.0 Å². The second-order valence-electron chi connectivity index (χ2n) is 4.20. The number of sulfone groups is 1. The summed E-state index contributed by atoms with van der Waals surface area (Å²) in [5.41, 5.74) is 5.48. The quantitative estimate of drug-likeness (QED) is 0.788. The molecule has 0 saturated carbocycles. The van der Waals surface area contributed by atoms with Crippen LogP contribution in [0, 0.1) is 0 Å². The first-order valence-electron chi connectivity index (χ1n) is 5.47. The van der Waals surface area contributed by atoms with E-state index in [0.717, 1.165) is 5.82 Å². The van der Waals surface area contributed by atoms with E-state index in [1.807, 2.05) is 11.9 Å². The molecule has 0 radical (unpaired) electrons. The van der Waals surface area contributed by atoms with Gasteiger partial charge in [-0.3, -0.25) is 0 Å². The Hall–Kier alpha value is -1.21. The monoisotopic (exact) mass is 256 g/mol. The molecular weight excluding hydrogens is 240 g/mol. The minimum atomic E-state index is -2.87. The largest absolute Gasteiger partial charge is 0.356 e. The fourth-order valence-corrected chi connectivity index (χ4v) is 3.73. The molecule has 1 aliphatic rings. The number of anilines is 1. The molecule has 1 saturated heterocycles. The zero-order chi connectivity index (χ0) is 12.5. The Labute approximate surface area is 101 Å². The second kappa shape index (κ2) is 4.58. The molecular formula is C10H16N4O2S. The number of nitrogens with two attached hydrogens (primary N) is 1. The lowest BCUT2D eigenvalue weighted by molar-refractivity contribution is 0.600. The summed E-state index contributed by atoms with van der Waals surface area (Å²) in [6.07, 6.45) is 2.30. The minimum Gasteiger partial charge on any atom is -0.356 e. The van der Waals surface area contributed by atoms with Gasteiger partial charge in [-0.2, -0.15) is 0 Å². The van der Waals surface area contributed by atoms with E-state index in [1.54, 1.807) is 12.3 Å². The lowest BCUT2D eigenvalue weighted by atomic mass is 10.2. The number of aromatic nitrogens is 2. The maximum Gasteiger partial charge on any atom is 0.152 e. The molecule has 17 heavy (non-hydrogen) atoms. The Kier molecular flexibility index (Phi) is 3.30. The molecule has 0 aromatic carbocycles. The lowest BCUT2D eigenvalue weighted by Crippen LogP contribution is -2.33. The van der Waals surface area contributed by atoms with E-state index in [2.05, 4.69) is 9.97 Å². The molecule has 0 amide bonds. The zero-order valence-electron chi connectivity index (χ0n) is 9.70. The summed E-state index contributed by atoms with van der Waals surface area (Å²) in [5, 5.41) is 0. The molecule has 0 spiro atoms. The van der Waals surface area contributed by atoms with Gasteiger partial charge in [0.05, 0.1) is 18.1 Å². The first-order chi connectivity index (χ1) is 8.02. The van der Waals surface area contributed by atoms with Gasteiger partial charge < -0.3 is 10.6 Å². The van der Waals surface area contributed by atoms with Crippen LogP contribution in [0.4, 0.5) is 5.82 Å². The van der Waals surface area contributed by atoms with Crippen LogP contribution in [0.5, 0.6) is 0 Å². The SMILES string of the molecule is CN(c1ccnc(CN)n1)C1CCS(=O)(=O)C1. The minimum absolute atomic E-state index is 0.000486. The van der Waals surface area contributed by atoms with Crippen molar-refractivity contribution >= 4 is 15.7 Å². The summed E-state index contributed by atoms with van der Waals surface area (Å²) in [4.78, 5) is 10.2. The highest BCUT2D eigenvalue weighted by Gasteiger charge is 2.31. The van der Waals surface area contributed by atoms with Crippen molar-refractivity contribution in [2.75, 3.05) is 23.5 Å². The van der Waals surface area contributed by atoms with Crippen molar-refractivity contribution in [2.24, 2.45) is 5.73 Å². The van der Waals surface area contributed by atoms with Gasteiger partial charge in [-0.05, 0) is 12.5 Å². The lowest BCUT2D eigenvalue weighted by Gasteiger charge is -2.24. The van der Waals surface area contributed by atoms with Gasteiger partial charge in [0.1, 0.15) is 11.6 Å². The maximum absolute atomic E-state index is 11.4. The molecule has 2 N–H and O–H groups in total. The molecule has 94 valence electrons. The Morgan fingerprint density at radius 3 is 2.94 bits per heavy atom. The zero-order valence-corrected chi connectivity index (χ0v) is 10.5. The average molecular weight is 256 g/mol. The smallest absolute Gasteiger partial charge is 0.152 e. The maximum atomic E-state index is 11.4. The van der Waals surface area contributed by atoms with E-state index in [0.29, 0.717) is 12.2 Å². The van der Waals surface area contributed by atoms with Crippen molar-refractivity contribution in [3.8, 4) is 0 Å². The van der Waals surface area contributed by atoms with E-state index in [1.165, 1.54) is 0 Å². The molecule has 0 aliphatic carbocycles. The molecule has 2 heterocycles. The summed E-state index contributed by atoms with van der Waals surface area (Å²) in [6.45, 7) is 0.282. The third-order valence-corrected chi connectivity index (χ3v) is 4.74. The number of nitrogens with zero attached hydrogens (tertiary/aromatic N) is 3. The van der Waals surface area contributed by atoms with Crippen molar-refractivity contribution < 1.29 is 8.42 Å². The van der Waals surface area contributed by atoms with E-state index >= 15 is 0 Å².